The van der Waals surface area contributed by atoms with Crippen LogP contribution in [0.5, 0.6) is 0 Å². The quantitative estimate of drug-likeness (QED) is 0.399. The second kappa shape index (κ2) is 7.07. The van der Waals surface area contributed by atoms with E-state index in [0.717, 1.165) is 19.4 Å². The van der Waals surface area contributed by atoms with Crippen molar-refractivity contribution in [3.8, 4) is 0 Å². The van der Waals surface area contributed by atoms with Crippen molar-refractivity contribution in [2.24, 2.45) is 5.41 Å². The number of piperidine rings is 1. The first-order chi connectivity index (χ1) is 13.2. The standard InChI is InChI=1S/C15H24N4O8S/c1-17-4-2-3-10(17)7-26-16-13(20)11-5-15(8-25-9-15)12-6-18(11)14(21)19(12)27-28(22,23)24/h10-12H,2-9H2,1H3,(H,16,20)(H,22,23,24). The molecule has 4 saturated heterocycles. The number of urea groups is 1. The third kappa shape index (κ3) is 3.46. The van der Waals surface area contributed by atoms with Crippen LogP contribution in [0.1, 0.15) is 19.3 Å². The van der Waals surface area contributed by atoms with E-state index in [1.807, 2.05) is 7.05 Å². The van der Waals surface area contributed by atoms with Gasteiger partial charge < -0.3 is 14.5 Å². The Morgan fingerprint density at radius 1 is 1.43 bits per heavy atom. The highest BCUT2D eigenvalue weighted by atomic mass is 32.3. The summed E-state index contributed by atoms with van der Waals surface area (Å²) in [5.74, 6) is -0.479. The molecule has 4 heterocycles. The van der Waals surface area contributed by atoms with E-state index in [2.05, 4.69) is 14.7 Å². The Bertz CT molecular complexity index is 757. The lowest BCUT2D eigenvalue weighted by Crippen LogP contribution is -2.63. The van der Waals surface area contributed by atoms with E-state index < -0.39 is 39.8 Å². The van der Waals surface area contributed by atoms with Crippen LogP contribution >= 0.6 is 0 Å². The first-order valence-electron chi connectivity index (χ1n) is 9.17. The fraction of sp³-hybridized carbons (Fsp3) is 0.867. The van der Waals surface area contributed by atoms with Crippen molar-refractivity contribution in [3.05, 3.63) is 0 Å². The minimum Gasteiger partial charge on any atom is -0.380 e. The number of likely N-dealkylation sites (N-methyl/N-ethyl adjacent to an activating group) is 1. The predicted molar refractivity (Wildman–Crippen MR) is 91.8 cm³/mol. The first kappa shape index (κ1) is 19.8. The molecule has 4 fully saturated rings. The van der Waals surface area contributed by atoms with Gasteiger partial charge in [0.15, 0.2) is 0 Å². The molecule has 0 aromatic heterocycles. The van der Waals surface area contributed by atoms with Gasteiger partial charge in [0.1, 0.15) is 6.04 Å². The van der Waals surface area contributed by atoms with Gasteiger partial charge in [-0.1, -0.05) is 0 Å². The second-order valence-electron chi connectivity index (χ2n) is 7.91. The summed E-state index contributed by atoms with van der Waals surface area (Å²) in [6.07, 6.45) is 2.36. The van der Waals surface area contributed by atoms with Crippen LogP contribution in [0.3, 0.4) is 0 Å². The molecule has 1 spiro atoms. The molecule has 158 valence electrons. The Morgan fingerprint density at radius 3 is 2.75 bits per heavy atom. The lowest BCUT2D eigenvalue weighted by atomic mass is 9.71. The summed E-state index contributed by atoms with van der Waals surface area (Å²) in [7, 11) is -2.88. The van der Waals surface area contributed by atoms with E-state index in [9.17, 15) is 18.0 Å². The molecule has 4 rings (SSSR count). The van der Waals surface area contributed by atoms with E-state index in [-0.39, 0.29) is 32.2 Å². The van der Waals surface area contributed by atoms with Gasteiger partial charge in [0, 0.05) is 18.0 Å². The number of likely N-dealkylation sites (tertiary alicyclic amines) is 1. The van der Waals surface area contributed by atoms with Crippen LogP contribution in [-0.2, 0) is 29.1 Å². The van der Waals surface area contributed by atoms with Gasteiger partial charge in [-0.05, 0) is 32.9 Å². The molecule has 2 N–H and O–H groups in total. The van der Waals surface area contributed by atoms with Crippen LogP contribution in [0.25, 0.3) is 0 Å². The van der Waals surface area contributed by atoms with Crippen molar-refractivity contribution in [1.82, 2.24) is 20.3 Å². The number of nitrogens with one attached hydrogen (secondary N) is 1. The average molecular weight is 420 g/mol. The first-order valence-corrected chi connectivity index (χ1v) is 10.5. The number of rotatable bonds is 6. The number of hydrogen-bond acceptors (Lipinski definition) is 8. The summed E-state index contributed by atoms with van der Waals surface area (Å²) >= 11 is 0. The Balaban J connectivity index is 1.43. The number of hydroxylamine groups is 3. The molecular weight excluding hydrogens is 396 g/mol. The van der Waals surface area contributed by atoms with Gasteiger partial charge in [-0.25, -0.2) is 10.3 Å². The molecule has 4 aliphatic heterocycles. The summed E-state index contributed by atoms with van der Waals surface area (Å²) in [5, 5.41) is 0.638. The zero-order valence-corrected chi connectivity index (χ0v) is 16.3. The largest absolute Gasteiger partial charge is 0.418 e. The molecular formula is C15H24N4O8S. The fourth-order valence-corrected chi connectivity index (χ4v) is 4.86. The summed E-state index contributed by atoms with van der Waals surface area (Å²) in [6.45, 7) is 1.96. The normalized spacial score (nSPS) is 32.1. The highest BCUT2D eigenvalue weighted by molar-refractivity contribution is 7.80. The van der Waals surface area contributed by atoms with Gasteiger partial charge in [-0.3, -0.25) is 14.2 Å². The summed E-state index contributed by atoms with van der Waals surface area (Å²) in [5.41, 5.74) is 1.81. The number of fused-ring (bicyclic) bond motifs is 3. The van der Waals surface area contributed by atoms with Gasteiger partial charge >= 0.3 is 16.4 Å². The lowest BCUT2D eigenvalue weighted by molar-refractivity contribution is -0.194. The van der Waals surface area contributed by atoms with E-state index in [1.165, 1.54) is 4.90 Å². The lowest BCUT2D eigenvalue weighted by Gasteiger charge is -2.50. The molecule has 2 bridgehead atoms. The monoisotopic (exact) mass is 420 g/mol. The number of carbonyl (C=O) groups excluding carboxylic acids is 2. The topological polar surface area (TPSA) is 138 Å². The van der Waals surface area contributed by atoms with Gasteiger partial charge in [-0.15, -0.1) is 4.28 Å². The summed E-state index contributed by atoms with van der Waals surface area (Å²) < 4.78 is 41.0. The van der Waals surface area contributed by atoms with Crippen LogP contribution in [0.15, 0.2) is 0 Å². The molecule has 0 aliphatic carbocycles. The molecule has 0 aromatic carbocycles. The van der Waals surface area contributed by atoms with Crippen molar-refractivity contribution in [1.29, 1.82) is 0 Å². The number of hydrogen-bond donors (Lipinski definition) is 2. The molecule has 3 unspecified atom stereocenters. The van der Waals surface area contributed by atoms with E-state index in [4.69, 9.17) is 14.1 Å². The van der Waals surface area contributed by atoms with Gasteiger partial charge in [0.25, 0.3) is 5.91 Å². The van der Waals surface area contributed by atoms with E-state index >= 15 is 0 Å². The number of amides is 3. The van der Waals surface area contributed by atoms with Gasteiger partial charge in [0.05, 0.1) is 25.9 Å². The van der Waals surface area contributed by atoms with Crippen molar-refractivity contribution in [2.45, 2.75) is 37.4 Å². The Kier molecular flexibility index (Phi) is 5.00. The summed E-state index contributed by atoms with van der Waals surface area (Å²) in [4.78, 5) is 34.1. The van der Waals surface area contributed by atoms with Gasteiger partial charge in [-0.2, -0.15) is 13.5 Å². The Morgan fingerprint density at radius 2 is 2.18 bits per heavy atom. The van der Waals surface area contributed by atoms with Crippen molar-refractivity contribution in [3.63, 3.8) is 0 Å². The van der Waals surface area contributed by atoms with Crippen LogP contribution in [-0.4, -0.2) is 97.9 Å². The molecule has 13 heteroatoms. The highest BCUT2D eigenvalue weighted by Crippen LogP contribution is 2.47. The molecule has 12 nitrogen and oxygen atoms in total. The summed E-state index contributed by atoms with van der Waals surface area (Å²) in [6, 6.07) is -2.03. The van der Waals surface area contributed by atoms with Crippen molar-refractivity contribution in [2.75, 3.05) is 40.0 Å². The van der Waals surface area contributed by atoms with E-state index in [1.54, 1.807) is 0 Å². The molecule has 0 radical (unpaired) electrons. The van der Waals surface area contributed by atoms with Crippen LogP contribution in [0, 0.1) is 5.41 Å². The number of nitrogens with zero attached hydrogens (tertiary/aromatic N) is 3. The molecule has 4 aliphatic rings. The molecule has 3 amide bonds. The van der Waals surface area contributed by atoms with Crippen LogP contribution in [0.4, 0.5) is 4.79 Å². The molecule has 28 heavy (non-hydrogen) atoms. The Labute approximate surface area is 162 Å². The van der Waals surface area contributed by atoms with Crippen LogP contribution < -0.4 is 5.48 Å². The zero-order chi connectivity index (χ0) is 20.1. The van der Waals surface area contributed by atoms with Crippen LogP contribution in [0.2, 0.25) is 0 Å². The minimum atomic E-state index is -4.87. The Hall–Kier alpha value is -1.51. The minimum absolute atomic E-state index is 0.0984. The SMILES string of the molecule is CN1CCCC1CONC(=O)C1CC2(COC2)C2CN1C(=O)N2OS(=O)(=O)O. The third-order valence-corrected chi connectivity index (χ3v) is 6.50. The molecule has 3 atom stereocenters. The zero-order valence-electron chi connectivity index (χ0n) is 15.4. The molecule has 0 saturated carbocycles. The fourth-order valence-electron chi connectivity index (χ4n) is 4.49. The van der Waals surface area contributed by atoms with Crippen molar-refractivity contribution < 1.29 is 36.4 Å². The second-order valence-corrected chi connectivity index (χ2v) is 8.91. The maximum absolute atomic E-state index is 12.7. The van der Waals surface area contributed by atoms with Gasteiger partial charge in [0.2, 0.25) is 0 Å². The third-order valence-electron chi connectivity index (χ3n) is 6.15. The number of carbonyl (C=O) groups is 2. The molecule has 0 aromatic rings. The maximum Gasteiger partial charge on any atom is 0.418 e. The average Bonchev–Trinajstić information content (AvgIpc) is 3.10. The maximum atomic E-state index is 12.7. The predicted octanol–water partition coefficient (Wildman–Crippen LogP) is -1.24. The van der Waals surface area contributed by atoms with Crippen molar-refractivity contribution >= 4 is 22.3 Å². The smallest absolute Gasteiger partial charge is 0.380 e. The highest BCUT2D eigenvalue weighted by Gasteiger charge is 2.63. The number of ether oxygens (including phenoxy) is 1. The van der Waals surface area contributed by atoms with E-state index in [0.29, 0.717) is 11.7 Å².